The maximum absolute atomic E-state index is 12.3. The molecule has 3 rings (SSSR count). The number of aromatic nitrogens is 2. The molecule has 3 heterocycles. The minimum absolute atomic E-state index is 0.0954. The lowest BCUT2D eigenvalue weighted by atomic mass is 9.86. The molecule has 0 unspecified atom stereocenters. The molecule has 0 spiro atoms. The molecule has 0 bridgehead atoms. The summed E-state index contributed by atoms with van der Waals surface area (Å²) >= 11 is 7.55. The van der Waals surface area contributed by atoms with Gasteiger partial charge in [-0.2, -0.15) is 0 Å². The smallest absolute Gasteiger partial charge is 0.244 e. The Hall–Kier alpha value is -1.90. The molecule has 1 fully saturated rings. The number of amides is 2. The van der Waals surface area contributed by atoms with E-state index in [4.69, 9.17) is 22.1 Å². The van der Waals surface area contributed by atoms with Gasteiger partial charge in [-0.05, 0) is 18.9 Å². The molecule has 1 aliphatic heterocycles. The first kappa shape index (κ1) is 16.9. The Morgan fingerprint density at radius 1 is 1.50 bits per heavy atom. The van der Waals surface area contributed by atoms with Crippen molar-refractivity contribution in [3.8, 4) is 0 Å². The normalized spacial score (nSPS) is 17.4. The second-order valence-electron chi connectivity index (χ2n) is 5.70. The minimum Gasteiger partial charge on any atom is -0.381 e. The van der Waals surface area contributed by atoms with Crippen molar-refractivity contribution in [3.05, 3.63) is 28.5 Å². The predicted octanol–water partition coefficient (Wildman–Crippen LogP) is 1.60. The van der Waals surface area contributed by atoms with E-state index in [1.807, 2.05) is 16.0 Å². The molecule has 2 amide bonds. The number of nitrogens with two attached hydrogens (primary N) is 1. The number of fused-ring (bicyclic) bond motifs is 1. The van der Waals surface area contributed by atoms with Gasteiger partial charge in [0, 0.05) is 37.3 Å². The lowest BCUT2D eigenvalue weighted by molar-refractivity contribution is -0.123. The summed E-state index contributed by atoms with van der Waals surface area (Å²) in [5.74, 6) is -0.751. The van der Waals surface area contributed by atoms with E-state index in [2.05, 4.69) is 10.3 Å². The van der Waals surface area contributed by atoms with Crippen LogP contribution in [0.15, 0.2) is 17.7 Å². The molecule has 2 aromatic rings. The maximum atomic E-state index is 12.3. The molecule has 0 saturated carbocycles. The summed E-state index contributed by atoms with van der Waals surface area (Å²) in [7, 11) is 0. The fourth-order valence-electron chi connectivity index (χ4n) is 2.83. The van der Waals surface area contributed by atoms with Crippen molar-refractivity contribution >= 4 is 45.8 Å². The molecule has 7 nitrogen and oxygen atoms in total. The van der Waals surface area contributed by atoms with Gasteiger partial charge < -0.3 is 15.8 Å². The molecule has 0 aromatic carbocycles. The third-order valence-electron chi connectivity index (χ3n) is 4.00. The Labute approximate surface area is 147 Å². The molecule has 2 aromatic heterocycles. The zero-order valence-electron chi connectivity index (χ0n) is 12.8. The SMILES string of the molecule is NC(=O)CC1(NC(=O)/C=C/c2c(Cl)nc3sccn23)CCOCC1. The van der Waals surface area contributed by atoms with E-state index in [1.165, 1.54) is 17.4 Å². The monoisotopic (exact) mass is 368 g/mol. The van der Waals surface area contributed by atoms with Crippen molar-refractivity contribution in [2.75, 3.05) is 13.2 Å². The standard InChI is InChI=1S/C15H17ClN4O3S/c16-13-10(20-5-8-24-14(20)18-13)1-2-12(22)19-15(9-11(17)21)3-6-23-7-4-15/h1-2,5,8H,3-4,6-7,9H2,(H2,17,21)(H,19,22)/b2-1+. The van der Waals surface area contributed by atoms with Gasteiger partial charge in [-0.3, -0.25) is 14.0 Å². The van der Waals surface area contributed by atoms with Crippen LogP contribution >= 0.6 is 22.9 Å². The zero-order valence-corrected chi connectivity index (χ0v) is 14.4. The van der Waals surface area contributed by atoms with Crippen LogP contribution in [-0.2, 0) is 14.3 Å². The van der Waals surface area contributed by atoms with E-state index in [0.29, 0.717) is 36.9 Å². The maximum Gasteiger partial charge on any atom is 0.244 e. The Bertz CT molecular complexity index is 792. The highest BCUT2D eigenvalue weighted by molar-refractivity contribution is 7.15. The number of imidazole rings is 1. The second-order valence-corrected chi connectivity index (χ2v) is 6.93. The Morgan fingerprint density at radius 3 is 2.96 bits per heavy atom. The van der Waals surface area contributed by atoms with Gasteiger partial charge in [0.05, 0.1) is 11.2 Å². The third-order valence-corrected chi connectivity index (χ3v) is 5.03. The molecule has 24 heavy (non-hydrogen) atoms. The number of thiazole rings is 1. The second kappa shape index (κ2) is 6.92. The number of hydrogen-bond donors (Lipinski definition) is 2. The van der Waals surface area contributed by atoms with Crippen molar-refractivity contribution in [1.82, 2.24) is 14.7 Å². The van der Waals surface area contributed by atoms with Crippen LogP contribution in [0.3, 0.4) is 0 Å². The van der Waals surface area contributed by atoms with E-state index < -0.39 is 11.4 Å². The third kappa shape index (κ3) is 3.61. The summed E-state index contributed by atoms with van der Waals surface area (Å²) in [5, 5.41) is 5.14. The molecule has 0 aliphatic carbocycles. The molecule has 1 aliphatic rings. The molecule has 0 atom stereocenters. The number of carbonyl (C=O) groups excluding carboxylic acids is 2. The molecule has 0 radical (unpaired) electrons. The molecular formula is C15H17ClN4O3S. The fourth-order valence-corrected chi connectivity index (χ4v) is 3.83. The Morgan fingerprint density at radius 2 is 2.25 bits per heavy atom. The van der Waals surface area contributed by atoms with Crippen LogP contribution in [0.25, 0.3) is 11.0 Å². The molecular weight excluding hydrogens is 352 g/mol. The highest BCUT2D eigenvalue weighted by Gasteiger charge is 2.35. The largest absolute Gasteiger partial charge is 0.381 e. The van der Waals surface area contributed by atoms with Crippen LogP contribution < -0.4 is 11.1 Å². The summed E-state index contributed by atoms with van der Waals surface area (Å²) in [4.78, 5) is 28.6. The number of nitrogens with zero attached hydrogens (tertiary/aromatic N) is 2. The molecule has 9 heteroatoms. The van der Waals surface area contributed by atoms with Crippen LogP contribution in [0.5, 0.6) is 0 Å². The van der Waals surface area contributed by atoms with Crippen molar-refractivity contribution in [2.45, 2.75) is 24.8 Å². The van der Waals surface area contributed by atoms with E-state index in [9.17, 15) is 9.59 Å². The summed E-state index contributed by atoms with van der Waals surface area (Å²) in [6, 6.07) is 0. The van der Waals surface area contributed by atoms with Crippen LogP contribution in [0.2, 0.25) is 5.15 Å². The van der Waals surface area contributed by atoms with Gasteiger partial charge >= 0.3 is 0 Å². The summed E-state index contributed by atoms with van der Waals surface area (Å²) < 4.78 is 7.12. The molecule has 1 saturated heterocycles. The minimum atomic E-state index is -0.648. The number of rotatable bonds is 5. The first-order chi connectivity index (χ1) is 11.5. The number of halogens is 1. The molecule has 3 N–H and O–H groups in total. The first-order valence-electron chi connectivity index (χ1n) is 7.46. The van der Waals surface area contributed by atoms with Crippen molar-refractivity contribution in [2.24, 2.45) is 5.73 Å². The van der Waals surface area contributed by atoms with E-state index >= 15 is 0 Å². The number of nitrogens with one attached hydrogen (secondary N) is 1. The topological polar surface area (TPSA) is 98.7 Å². The summed E-state index contributed by atoms with van der Waals surface area (Å²) in [5.41, 5.74) is 5.32. The van der Waals surface area contributed by atoms with Crippen molar-refractivity contribution in [3.63, 3.8) is 0 Å². The number of hydrogen-bond acceptors (Lipinski definition) is 5. The summed E-state index contributed by atoms with van der Waals surface area (Å²) in [6.07, 6.45) is 6.05. The van der Waals surface area contributed by atoms with E-state index in [-0.39, 0.29) is 12.3 Å². The van der Waals surface area contributed by atoms with Crippen LogP contribution in [0.1, 0.15) is 25.0 Å². The summed E-state index contributed by atoms with van der Waals surface area (Å²) in [6.45, 7) is 0.975. The first-order valence-corrected chi connectivity index (χ1v) is 8.72. The van der Waals surface area contributed by atoms with Gasteiger partial charge in [0.25, 0.3) is 0 Å². The van der Waals surface area contributed by atoms with Crippen LogP contribution in [0.4, 0.5) is 0 Å². The average molecular weight is 369 g/mol. The average Bonchev–Trinajstić information content (AvgIpc) is 3.06. The van der Waals surface area contributed by atoms with Gasteiger partial charge in [0.2, 0.25) is 11.8 Å². The number of primary amides is 1. The van der Waals surface area contributed by atoms with Gasteiger partial charge in [0.1, 0.15) is 0 Å². The number of ether oxygens (including phenoxy) is 1. The van der Waals surface area contributed by atoms with Crippen molar-refractivity contribution < 1.29 is 14.3 Å². The predicted molar refractivity (Wildman–Crippen MR) is 91.9 cm³/mol. The molecule has 128 valence electrons. The Kier molecular flexibility index (Phi) is 4.88. The fraction of sp³-hybridized carbons (Fsp3) is 0.400. The highest BCUT2D eigenvalue weighted by atomic mass is 35.5. The van der Waals surface area contributed by atoms with Gasteiger partial charge in [-0.25, -0.2) is 4.98 Å². The quantitative estimate of drug-likeness (QED) is 0.783. The lowest BCUT2D eigenvalue weighted by Gasteiger charge is -2.36. The van der Waals surface area contributed by atoms with Crippen LogP contribution in [-0.4, -0.2) is 40.0 Å². The lowest BCUT2D eigenvalue weighted by Crippen LogP contribution is -2.53. The van der Waals surface area contributed by atoms with Gasteiger partial charge in [-0.15, -0.1) is 11.3 Å². The highest BCUT2D eigenvalue weighted by Crippen LogP contribution is 2.25. The van der Waals surface area contributed by atoms with Gasteiger partial charge in [-0.1, -0.05) is 11.6 Å². The van der Waals surface area contributed by atoms with Gasteiger partial charge in [0.15, 0.2) is 10.1 Å². The van der Waals surface area contributed by atoms with Crippen molar-refractivity contribution in [1.29, 1.82) is 0 Å². The zero-order chi connectivity index (χ0) is 17.2. The van der Waals surface area contributed by atoms with E-state index in [1.54, 1.807) is 6.08 Å². The van der Waals surface area contributed by atoms with E-state index in [0.717, 1.165) is 4.96 Å². The Balaban J connectivity index is 1.74. The number of carbonyl (C=O) groups is 2. The van der Waals surface area contributed by atoms with Crippen LogP contribution in [0, 0.1) is 0 Å².